The summed E-state index contributed by atoms with van der Waals surface area (Å²) in [5.41, 5.74) is 5.28. The van der Waals surface area contributed by atoms with Crippen LogP contribution in [0.1, 0.15) is 25.0 Å². The molecule has 0 atom stereocenters. The third-order valence-corrected chi connectivity index (χ3v) is 6.92. The van der Waals surface area contributed by atoms with E-state index < -0.39 is 0 Å². The second kappa shape index (κ2) is 7.19. The quantitative estimate of drug-likeness (QED) is 0.405. The first-order valence-electron chi connectivity index (χ1n) is 8.75. The van der Waals surface area contributed by atoms with Crippen molar-refractivity contribution in [2.45, 2.75) is 46.3 Å². The molecule has 0 unspecified atom stereocenters. The highest BCUT2D eigenvalue weighted by molar-refractivity contribution is 8.02. The summed E-state index contributed by atoms with van der Waals surface area (Å²) in [4.78, 5) is 5.20. The van der Waals surface area contributed by atoms with Gasteiger partial charge in [-0.15, -0.1) is 0 Å². The van der Waals surface area contributed by atoms with Gasteiger partial charge in [-0.25, -0.2) is 0 Å². The molecule has 4 rings (SSSR count). The highest BCUT2D eigenvalue weighted by Crippen LogP contribution is 2.46. The first kappa shape index (κ1) is 16.6. The molecule has 0 aliphatic carbocycles. The van der Waals surface area contributed by atoms with Gasteiger partial charge in [0.25, 0.3) is 0 Å². The van der Waals surface area contributed by atoms with Gasteiger partial charge in [-0.2, -0.15) is 0 Å². The third kappa shape index (κ3) is 3.31. The van der Waals surface area contributed by atoms with Crippen LogP contribution in [0.2, 0.25) is 0 Å². The van der Waals surface area contributed by atoms with Crippen LogP contribution in [0.15, 0.2) is 80.2 Å². The van der Waals surface area contributed by atoms with E-state index in [1.165, 1.54) is 42.1 Å². The largest absolute Gasteiger partial charge is 0.354 e. The molecule has 1 heterocycles. The number of para-hydroxylation sites is 1. The van der Waals surface area contributed by atoms with Crippen molar-refractivity contribution < 1.29 is 0 Å². The van der Waals surface area contributed by atoms with Crippen LogP contribution in [0.25, 0.3) is 0 Å². The van der Waals surface area contributed by atoms with E-state index in [2.05, 4.69) is 79.8 Å². The van der Waals surface area contributed by atoms with Crippen molar-refractivity contribution in [2.24, 2.45) is 0 Å². The lowest BCUT2D eigenvalue weighted by Crippen LogP contribution is -1.98. The standard InChI is InChI=1S/C22H21NS2/c1-3-15-13-18-22(14-16(15)4-2)25-21-12-8-7-11-20(21)24-19-10-6-5-9-17(19)23-18/h5-14,23H,3-4H2,1-2H3. The molecule has 1 aliphatic rings. The molecule has 1 nitrogen and oxygen atoms in total. The van der Waals surface area contributed by atoms with Crippen molar-refractivity contribution in [1.29, 1.82) is 0 Å². The molecule has 25 heavy (non-hydrogen) atoms. The molecule has 0 amide bonds. The number of rotatable bonds is 2. The SMILES string of the molecule is CCc1cc2c(cc1CC)Sc1ccccc1Sc1ccccc1N2. The Morgan fingerprint density at radius 1 is 0.640 bits per heavy atom. The number of nitrogens with one attached hydrogen (secondary N) is 1. The Hall–Kier alpha value is -1.84. The van der Waals surface area contributed by atoms with Crippen LogP contribution < -0.4 is 5.32 Å². The van der Waals surface area contributed by atoms with E-state index in [1.807, 2.05) is 23.5 Å². The van der Waals surface area contributed by atoms with E-state index in [-0.39, 0.29) is 0 Å². The fourth-order valence-electron chi connectivity index (χ4n) is 3.17. The topological polar surface area (TPSA) is 12.0 Å². The lowest BCUT2D eigenvalue weighted by molar-refractivity contribution is 1.02. The van der Waals surface area contributed by atoms with Gasteiger partial charge in [0.05, 0.1) is 11.4 Å². The molecule has 0 radical (unpaired) electrons. The van der Waals surface area contributed by atoms with Gasteiger partial charge >= 0.3 is 0 Å². The van der Waals surface area contributed by atoms with Gasteiger partial charge in [-0.3, -0.25) is 0 Å². The van der Waals surface area contributed by atoms with Crippen LogP contribution in [-0.2, 0) is 12.8 Å². The Labute approximate surface area is 158 Å². The Kier molecular flexibility index (Phi) is 4.78. The monoisotopic (exact) mass is 363 g/mol. The summed E-state index contributed by atoms with van der Waals surface area (Å²) in [7, 11) is 0. The molecular weight excluding hydrogens is 342 g/mol. The third-order valence-electron chi connectivity index (χ3n) is 4.51. The molecule has 1 N–H and O–H groups in total. The summed E-state index contributed by atoms with van der Waals surface area (Å²) in [6.45, 7) is 4.48. The zero-order valence-corrected chi connectivity index (χ0v) is 16.1. The number of anilines is 2. The van der Waals surface area contributed by atoms with E-state index in [9.17, 15) is 0 Å². The Balaban J connectivity index is 1.94. The predicted molar refractivity (Wildman–Crippen MR) is 110 cm³/mol. The van der Waals surface area contributed by atoms with Crippen molar-refractivity contribution in [1.82, 2.24) is 0 Å². The van der Waals surface area contributed by atoms with Gasteiger partial charge in [-0.05, 0) is 60.4 Å². The van der Waals surface area contributed by atoms with Crippen molar-refractivity contribution in [2.75, 3.05) is 5.32 Å². The minimum atomic E-state index is 1.07. The summed E-state index contributed by atoms with van der Waals surface area (Å²) < 4.78 is 0. The van der Waals surface area contributed by atoms with Gasteiger partial charge in [0, 0.05) is 19.6 Å². The van der Waals surface area contributed by atoms with Gasteiger partial charge < -0.3 is 5.32 Å². The van der Waals surface area contributed by atoms with E-state index in [0.717, 1.165) is 12.8 Å². The Morgan fingerprint density at radius 3 is 1.88 bits per heavy atom. The van der Waals surface area contributed by atoms with E-state index in [1.54, 1.807) is 0 Å². The molecule has 0 bridgehead atoms. The van der Waals surface area contributed by atoms with Gasteiger partial charge in [0.1, 0.15) is 0 Å². The van der Waals surface area contributed by atoms with Crippen LogP contribution in [-0.4, -0.2) is 0 Å². The van der Waals surface area contributed by atoms with Gasteiger partial charge in [0.2, 0.25) is 0 Å². The average Bonchev–Trinajstić information content (AvgIpc) is 2.71. The molecule has 126 valence electrons. The molecule has 3 aromatic carbocycles. The van der Waals surface area contributed by atoms with E-state index >= 15 is 0 Å². The van der Waals surface area contributed by atoms with Crippen molar-refractivity contribution in [3.8, 4) is 0 Å². The van der Waals surface area contributed by atoms with Crippen molar-refractivity contribution in [3.05, 3.63) is 71.8 Å². The summed E-state index contributed by atoms with van der Waals surface area (Å²) in [5, 5.41) is 3.70. The fraction of sp³-hybridized carbons (Fsp3) is 0.182. The van der Waals surface area contributed by atoms with Crippen LogP contribution in [0.5, 0.6) is 0 Å². The number of aryl methyl sites for hydroxylation is 2. The van der Waals surface area contributed by atoms with Crippen molar-refractivity contribution >= 4 is 34.9 Å². The summed E-state index contributed by atoms with van der Waals surface area (Å²) in [6.07, 6.45) is 2.14. The smallest absolute Gasteiger partial charge is 0.0529 e. The van der Waals surface area contributed by atoms with Crippen LogP contribution in [0, 0.1) is 0 Å². The Morgan fingerprint density at radius 2 is 1.20 bits per heavy atom. The highest BCUT2D eigenvalue weighted by atomic mass is 32.2. The van der Waals surface area contributed by atoms with Crippen LogP contribution >= 0.6 is 23.5 Å². The second-order valence-corrected chi connectivity index (χ2v) is 8.26. The number of fused-ring (bicyclic) bond motifs is 3. The first-order chi connectivity index (χ1) is 12.3. The lowest BCUT2D eigenvalue weighted by Gasteiger charge is -2.16. The normalized spacial score (nSPS) is 12.7. The van der Waals surface area contributed by atoms with Crippen LogP contribution in [0.4, 0.5) is 11.4 Å². The molecular formula is C22H21NS2. The van der Waals surface area contributed by atoms with E-state index in [0.29, 0.717) is 0 Å². The first-order valence-corrected chi connectivity index (χ1v) is 10.4. The molecule has 0 spiro atoms. The molecule has 0 saturated heterocycles. The maximum atomic E-state index is 3.70. The van der Waals surface area contributed by atoms with E-state index in [4.69, 9.17) is 0 Å². The fourth-order valence-corrected chi connectivity index (χ4v) is 5.32. The maximum absolute atomic E-state index is 3.70. The highest BCUT2D eigenvalue weighted by Gasteiger charge is 2.16. The summed E-state index contributed by atoms with van der Waals surface area (Å²) >= 11 is 3.70. The molecule has 0 fully saturated rings. The molecule has 0 saturated carbocycles. The number of benzene rings is 3. The zero-order valence-electron chi connectivity index (χ0n) is 14.5. The molecule has 3 aromatic rings. The summed E-state index contributed by atoms with van der Waals surface area (Å²) in [5.74, 6) is 0. The maximum Gasteiger partial charge on any atom is 0.0529 e. The Bertz CT molecular complexity index is 843. The lowest BCUT2D eigenvalue weighted by atomic mass is 10.0. The minimum absolute atomic E-state index is 1.07. The van der Waals surface area contributed by atoms with Crippen molar-refractivity contribution in [3.63, 3.8) is 0 Å². The molecule has 1 aliphatic heterocycles. The van der Waals surface area contributed by atoms with Gasteiger partial charge in [-0.1, -0.05) is 61.6 Å². The van der Waals surface area contributed by atoms with Gasteiger partial charge in [0.15, 0.2) is 0 Å². The predicted octanol–water partition coefficient (Wildman–Crippen LogP) is 7.17. The molecule has 0 aromatic heterocycles. The average molecular weight is 364 g/mol. The summed E-state index contributed by atoms with van der Waals surface area (Å²) in [6, 6.07) is 22.0. The zero-order chi connectivity index (χ0) is 17.2. The minimum Gasteiger partial charge on any atom is -0.354 e. The second-order valence-electron chi connectivity index (χ2n) is 6.10. The number of hydrogen-bond acceptors (Lipinski definition) is 3. The number of hydrogen-bond donors (Lipinski definition) is 1. The van der Waals surface area contributed by atoms with Crippen LogP contribution in [0.3, 0.4) is 0 Å². The molecule has 3 heteroatoms.